The third-order valence-electron chi connectivity index (χ3n) is 10.9. The quantitative estimate of drug-likeness (QED) is 0.116. The molecule has 3 fully saturated rings. The fraction of sp³-hybridized carbons (Fsp3) is 0.647. The molecule has 3 aliphatic rings. The van der Waals surface area contributed by atoms with E-state index in [1.165, 1.54) is 28.1 Å². The van der Waals surface area contributed by atoms with E-state index in [9.17, 15) is 18.7 Å². The van der Waals surface area contributed by atoms with Gasteiger partial charge in [0.05, 0.1) is 49.3 Å². The maximum absolute atomic E-state index is 16.9. The average Bonchev–Trinajstić information content (AvgIpc) is 4.01. The van der Waals surface area contributed by atoms with Crippen LogP contribution in [0, 0.1) is 10.8 Å². The first kappa shape index (κ1) is 44.8. The highest BCUT2D eigenvalue weighted by molar-refractivity contribution is 7.48. The molecule has 4 aromatic heterocycles. The predicted octanol–water partition coefficient (Wildman–Crippen LogP) is 3.95. The monoisotopic (exact) mass is 900 g/mol. The Morgan fingerprint density at radius 1 is 0.754 bits per heavy atom. The highest BCUT2D eigenvalue weighted by Gasteiger charge is 2.54. The predicted molar refractivity (Wildman–Crippen MR) is 206 cm³/mol. The average molecular weight is 901 g/mol. The number of phosphoric ester groups is 2. The van der Waals surface area contributed by atoms with Gasteiger partial charge in [-0.15, -0.1) is 0 Å². The molecule has 4 aromatic rings. The van der Waals surface area contributed by atoms with E-state index in [0.29, 0.717) is 12.8 Å². The van der Waals surface area contributed by atoms with Crippen molar-refractivity contribution < 1.29 is 69.2 Å². The first-order valence-electron chi connectivity index (χ1n) is 19.2. The van der Waals surface area contributed by atoms with E-state index in [2.05, 4.69) is 29.9 Å². The first-order valence-corrected chi connectivity index (χ1v) is 22.1. The molecule has 4 N–H and O–H groups in total. The van der Waals surface area contributed by atoms with Crippen molar-refractivity contribution in [2.75, 3.05) is 44.9 Å². The number of carbonyl (C=O) groups excluding carboxylic acids is 2. The van der Waals surface area contributed by atoms with E-state index in [-0.39, 0.29) is 40.6 Å². The summed E-state index contributed by atoms with van der Waals surface area (Å²) in [5, 5.41) is 0. The molecule has 0 amide bonds. The number of hydrogen-bond donors (Lipinski definition) is 2. The number of halogens is 1. The number of nitrogen functional groups attached to an aromatic ring is 2. The molecule has 0 radical (unpaired) electrons. The van der Waals surface area contributed by atoms with Gasteiger partial charge in [-0.25, -0.2) is 52.5 Å². The van der Waals surface area contributed by atoms with Crippen molar-refractivity contribution in [2.24, 2.45) is 10.8 Å². The minimum atomic E-state index is -4.98. The second-order valence-electron chi connectivity index (χ2n) is 15.6. The molecule has 7 rings (SSSR count). The van der Waals surface area contributed by atoms with E-state index in [4.69, 9.17) is 57.6 Å². The third kappa shape index (κ3) is 9.13. The van der Waals surface area contributed by atoms with Crippen molar-refractivity contribution in [2.45, 2.75) is 97.2 Å². The first-order chi connectivity index (χ1) is 28.9. The Morgan fingerprint density at radius 3 is 1.79 bits per heavy atom. The number of nitrogens with two attached hydrogens (primary N) is 2. The number of anilines is 2. The number of imidazole rings is 2. The molecule has 61 heavy (non-hydrogen) atoms. The van der Waals surface area contributed by atoms with Crippen LogP contribution >= 0.6 is 15.6 Å². The molecule has 2 unspecified atom stereocenters. The van der Waals surface area contributed by atoms with Crippen LogP contribution in [0.3, 0.4) is 0 Å². The minimum absolute atomic E-state index is 0.000678. The Kier molecular flexibility index (Phi) is 12.8. The van der Waals surface area contributed by atoms with E-state index in [1.54, 1.807) is 41.5 Å². The number of hydrogen-bond acceptors (Lipinski definition) is 22. The van der Waals surface area contributed by atoms with Crippen molar-refractivity contribution in [1.29, 1.82) is 0 Å². The van der Waals surface area contributed by atoms with Gasteiger partial charge in [0, 0.05) is 0 Å². The van der Waals surface area contributed by atoms with Gasteiger partial charge in [0.15, 0.2) is 35.3 Å². The van der Waals surface area contributed by atoms with E-state index >= 15 is 4.39 Å². The van der Waals surface area contributed by atoms with Crippen molar-refractivity contribution in [3.8, 4) is 0 Å². The van der Waals surface area contributed by atoms with Crippen LogP contribution in [0.2, 0.25) is 0 Å². The van der Waals surface area contributed by atoms with Crippen molar-refractivity contribution in [1.82, 2.24) is 39.0 Å². The summed E-state index contributed by atoms with van der Waals surface area (Å²) in [4.78, 5) is 50.5. The zero-order chi connectivity index (χ0) is 43.9. The molecule has 3 saturated heterocycles. The van der Waals surface area contributed by atoms with Crippen molar-refractivity contribution in [3.63, 3.8) is 0 Å². The molecule has 0 aliphatic carbocycles. The summed E-state index contributed by atoms with van der Waals surface area (Å²) in [6.45, 7) is 6.66. The van der Waals surface area contributed by atoms with E-state index in [0.717, 1.165) is 6.33 Å². The molecule has 334 valence electrons. The number of carbonyl (C=O) groups is 2. The highest BCUT2D eigenvalue weighted by Crippen LogP contribution is 2.58. The van der Waals surface area contributed by atoms with Crippen LogP contribution in [-0.2, 0) is 64.8 Å². The SMILES string of the molecule is CCC(C)(C)C(=O)OCOP1(=O)OC[C@H]2OC[C@@H](n3cnc4c(N)ncnc43)[C@@H]2OP(=O)(OCOC(=O)C(C)(C)CC)OC[C@H]2O[C@@H](n3cnc4c(N)ncnc43)[C@H](F)[C@@H]2O1. The van der Waals surface area contributed by atoms with Crippen LogP contribution in [0.25, 0.3) is 22.3 Å². The standard InChI is InChI=1S/C34H47FN10O14P2/c1-7-33(3,4)31(46)51-16-55-60(48)54-11-20-25(21(35)30(57-20)45-15-43-23-27(37)39-13-41-29(23)45)59-61(49,56-17-52-32(47)34(5,6)8-2)53-10-19-24(58-60)18(9-50-19)44-14-42-22-26(36)38-12-40-28(22)44/h12-15,18-21,24-25,30H,7-11,16-17H2,1-6H3,(H2,36,38,40)(H2,37,39,41)/t18-,19-,20-,21-,24+,25-,30-,60?,61?/m1/s1. The van der Waals surface area contributed by atoms with E-state index in [1.807, 2.05) is 0 Å². The van der Waals surface area contributed by atoms with Gasteiger partial charge in [0.1, 0.15) is 48.1 Å². The maximum atomic E-state index is 16.9. The number of fused-ring (bicyclic) bond motifs is 4. The summed E-state index contributed by atoms with van der Waals surface area (Å²) in [7, 11) is -9.89. The van der Waals surface area contributed by atoms with E-state index < -0.39 is 108 Å². The number of alkyl halides is 1. The summed E-state index contributed by atoms with van der Waals surface area (Å²) in [5.74, 6) is -1.28. The Hall–Kier alpha value is -4.29. The zero-order valence-corrected chi connectivity index (χ0v) is 35.8. The van der Waals surface area contributed by atoms with Crippen LogP contribution in [0.4, 0.5) is 16.0 Å². The molecule has 9 atom stereocenters. The Balaban J connectivity index is 1.24. The summed E-state index contributed by atoms with van der Waals surface area (Å²) < 4.78 is 107. The molecule has 0 bridgehead atoms. The molecule has 7 heterocycles. The Morgan fingerprint density at radius 2 is 1.25 bits per heavy atom. The molecule has 27 heteroatoms. The molecular formula is C34H47FN10O14P2. The number of esters is 2. The van der Waals surface area contributed by atoms with Crippen LogP contribution in [0.1, 0.15) is 66.7 Å². The topological polar surface area (TPSA) is 300 Å². The Labute approximate surface area is 347 Å². The van der Waals surface area contributed by atoms with Crippen LogP contribution in [0.5, 0.6) is 0 Å². The van der Waals surface area contributed by atoms with Gasteiger partial charge in [-0.1, -0.05) is 13.8 Å². The summed E-state index contributed by atoms with van der Waals surface area (Å²) in [6.07, 6.45) is -4.14. The molecular weight excluding hydrogens is 853 g/mol. The summed E-state index contributed by atoms with van der Waals surface area (Å²) >= 11 is 0. The van der Waals surface area contributed by atoms with Gasteiger partial charge in [0.2, 0.25) is 13.6 Å². The van der Waals surface area contributed by atoms with Gasteiger partial charge in [-0.05, 0) is 40.5 Å². The van der Waals surface area contributed by atoms with Gasteiger partial charge in [-0.3, -0.25) is 32.3 Å². The van der Waals surface area contributed by atoms with Crippen molar-refractivity contribution in [3.05, 3.63) is 25.3 Å². The van der Waals surface area contributed by atoms with Gasteiger partial charge >= 0.3 is 27.6 Å². The number of phosphoric acid groups is 2. The molecule has 0 aromatic carbocycles. The lowest BCUT2D eigenvalue weighted by molar-refractivity contribution is -0.162. The fourth-order valence-electron chi connectivity index (χ4n) is 6.32. The summed E-state index contributed by atoms with van der Waals surface area (Å²) in [5.41, 5.74) is 10.8. The largest absolute Gasteiger partial charge is 0.478 e. The third-order valence-corrected chi connectivity index (χ3v) is 13.6. The van der Waals surface area contributed by atoms with Gasteiger partial charge in [0.25, 0.3) is 0 Å². The van der Waals surface area contributed by atoms with Crippen LogP contribution in [0.15, 0.2) is 25.3 Å². The van der Waals surface area contributed by atoms with Gasteiger partial charge < -0.3 is 35.0 Å². The van der Waals surface area contributed by atoms with Crippen LogP contribution in [-0.4, -0.2) is 115 Å². The lowest BCUT2D eigenvalue weighted by Gasteiger charge is -2.31. The fourth-order valence-corrected chi connectivity index (χ4v) is 8.86. The zero-order valence-electron chi connectivity index (χ0n) is 34.0. The van der Waals surface area contributed by atoms with Crippen molar-refractivity contribution >= 4 is 61.5 Å². The molecule has 24 nitrogen and oxygen atoms in total. The van der Waals surface area contributed by atoms with Crippen LogP contribution < -0.4 is 11.5 Å². The highest BCUT2D eigenvalue weighted by atomic mass is 31.2. The smallest absolute Gasteiger partial charge is 0.437 e. The molecule has 3 aliphatic heterocycles. The van der Waals surface area contributed by atoms with Gasteiger partial charge in [-0.2, -0.15) is 0 Å². The maximum Gasteiger partial charge on any atom is 0.478 e. The number of nitrogens with zero attached hydrogens (tertiary/aromatic N) is 8. The Bertz CT molecular complexity index is 2350. The lowest BCUT2D eigenvalue weighted by atomic mass is 9.91. The molecule has 0 saturated carbocycles. The lowest BCUT2D eigenvalue weighted by Crippen LogP contribution is -2.38. The number of rotatable bonds is 12. The summed E-state index contributed by atoms with van der Waals surface area (Å²) in [6, 6.07) is -0.921. The normalized spacial score (nSPS) is 30.0. The second kappa shape index (κ2) is 17.5. The molecule has 0 spiro atoms. The second-order valence-corrected chi connectivity index (χ2v) is 18.8. The minimum Gasteiger partial charge on any atom is -0.437 e. The number of ether oxygens (including phenoxy) is 4. The number of aromatic nitrogens is 8.